The molecule has 0 fully saturated rings. The molecule has 18 heavy (non-hydrogen) atoms. The first kappa shape index (κ1) is 11.0. The minimum absolute atomic E-state index is 0.305. The summed E-state index contributed by atoms with van der Waals surface area (Å²) >= 11 is 0. The van der Waals surface area contributed by atoms with Gasteiger partial charge in [0, 0.05) is 5.92 Å². The predicted octanol–water partition coefficient (Wildman–Crippen LogP) is 5.00. The van der Waals surface area contributed by atoms with Gasteiger partial charge in [0.1, 0.15) is 0 Å². The van der Waals surface area contributed by atoms with Gasteiger partial charge in [-0.25, -0.2) is 0 Å². The first-order valence-electron chi connectivity index (χ1n) is 6.28. The molecule has 0 saturated carbocycles. The lowest BCUT2D eigenvalue weighted by Crippen LogP contribution is -2.01. The van der Waals surface area contributed by atoms with Crippen LogP contribution in [-0.2, 0) is 0 Å². The Morgan fingerprint density at radius 1 is 1.00 bits per heavy atom. The SMILES string of the molecule is C=C1C=C(C)C=CC1c1cccc2ccccc12. The molecule has 0 saturated heterocycles. The third kappa shape index (κ3) is 1.80. The van der Waals surface area contributed by atoms with Crippen molar-refractivity contribution in [2.45, 2.75) is 12.8 Å². The van der Waals surface area contributed by atoms with Crippen LogP contribution in [0.5, 0.6) is 0 Å². The lowest BCUT2D eigenvalue weighted by molar-refractivity contribution is 1.02. The van der Waals surface area contributed by atoms with Crippen LogP contribution in [0, 0.1) is 0 Å². The summed E-state index contributed by atoms with van der Waals surface area (Å²) in [5.74, 6) is 0.305. The first-order valence-corrected chi connectivity index (χ1v) is 6.28. The summed E-state index contributed by atoms with van der Waals surface area (Å²) in [7, 11) is 0. The van der Waals surface area contributed by atoms with E-state index in [-0.39, 0.29) is 0 Å². The van der Waals surface area contributed by atoms with Crippen molar-refractivity contribution < 1.29 is 0 Å². The Bertz CT molecular complexity index is 666. The average molecular weight is 232 g/mol. The van der Waals surface area contributed by atoms with E-state index in [1.165, 1.54) is 27.5 Å². The van der Waals surface area contributed by atoms with Gasteiger partial charge in [-0.15, -0.1) is 0 Å². The molecule has 1 aliphatic rings. The Morgan fingerprint density at radius 3 is 2.61 bits per heavy atom. The largest absolute Gasteiger partial charge is 0.0949 e. The number of benzene rings is 2. The Kier molecular flexibility index (Phi) is 2.64. The molecule has 88 valence electrons. The van der Waals surface area contributed by atoms with E-state index in [1.807, 2.05) is 0 Å². The second-order valence-corrected chi connectivity index (χ2v) is 4.87. The minimum Gasteiger partial charge on any atom is -0.0949 e. The molecule has 0 amide bonds. The van der Waals surface area contributed by atoms with Crippen molar-refractivity contribution in [3.63, 3.8) is 0 Å². The smallest absolute Gasteiger partial charge is 0.0273 e. The van der Waals surface area contributed by atoms with E-state index in [2.05, 4.69) is 74.2 Å². The molecule has 1 atom stereocenters. The maximum atomic E-state index is 4.20. The number of fused-ring (bicyclic) bond motifs is 1. The highest BCUT2D eigenvalue weighted by molar-refractivity contribution is 5.87. The molecule has 0 N–H and O–H groups in total. The molecular formula is C18H16. The Labute approximate surface area is 108 Å². The van der Waals surface area contributed by atoms with E-state index in [1.54, 1.807) is 0 Å². The Balaban J connectivity index is 2.16. The molecular weight excluding hydrogens is 216 g/mol. The topological polar surface area (TPSA) is 0 Å². The van der Waals surface area contributed by atoms with Gasteiger partial charge in [0.25, 0.3) is 0 Å². The summed E-state index contributed by atoms with van der Waals surface area (Å²) in [4.78, 5) is 0. The number of hydrogen-bond acceptors (Lipinski definition) is 0. The van der Waals surface area contributed by atoms with Crippen molar-refractivity contribution in [1.29, 1.82) is 0 Å². The van der Waals surface area contributed by atoms with Gasteiger partial charge in [0.2, 0.25) is 0 Å². The molecule has 0 nitrogen and oxygen atoms in total. The van der Waals surface area contributed by atoms with Gasteiger partial charge >= 0.3 is 0 Å². The number of rotatable bonds is 1. The summed E-state index contributed by atoms with van der Waals surface area (Å²) in [5, 5.41) is 2.62. The minimum atomic E-state index is 0.305. The van der Waals surface area contributed by atoms with Crippen molar-refractivity contribution in [2.24, 2.45) is 0 Å². The van der Waals surface area contributed by atoms with Crippen LogP contribution in [0.4, 0.5) is 0 Å². The third-order valence-corrected chi connectivity index (χ3v) is 3.52. The average Bonchev–Trinajstić information content (AvgIpc) is 2.38. The molecule has 0 radical (unpaired) electrons. The van der Waals surface area contributed by atoms with Crippen LogP contribution in [0.1, 0.15) is 18.4 Å². The molecule has 2 aromatic carbocycles. The standard InChI is InChI=1S/C18H16/c1-13-10-11-16(14(2)12-13)18-9-5-7-15-6-3-4-8-17(15)18/h3-12,16H,2H2,1H3. The quantitative estimate of drug-likeness (QED) is 0.649. The van der Waals surface area contributed by atoms with Crippen molar-refractivity contribution >= 4 is 10.8 Å². The van der Waals surface area contributed by atoms with E-state index >= 15 is 0 Å². The van der Waals surface area contributed by atoms with Crippen LogP contribution in [-0.4, -0.2) is 0 Å². The number of allylic oxidation sites excluding steroid dienone is 5. The van der Waals surface area contributed by atoms with Gasteiger partial charge in [-0.05, 0) is 28.8 Å². The van der Waals surface area contributed by atoms with E-state index < -0.39 is 0 Å². The summed E-state index contributed by atoms with van der Waals surface area (Å²) in [5.41, 5.74) is 3.79. The van der Waals surface area contributed by atoms with Crippen LogP contribution in [0.3, 0.4) is 0 Å². The Morgan fingerprint density at radius 2 is 1.78 bits per heavy atom. The molecule has 1 aliphatic carbocycles. The summed E-state index contributed by atoms with van der Waals surface area (Å²) in [6.07, 6.45) is 6.60. The van der Waals surface area contributed by atoms with Gasteiger partial charge < -0.3 is 0 Å². The van der Waals surface area contributed by atoms with Gasteiger partial charge in [0.15, 0.2) is 0 Å². The highest BCUT2D eigenvalue weighted by Gasteiger charge is 2.15. The monoisotopic (exact) mass is 232 g/mol. The maximum absolute atomic E-state index is 4.20. The summed E-state index contributed by atoms with van der Waals surface area (Å²) in [6, 6.07) is 15.0. The zero-order valence-corrected chi connectivity index (χ0v) is 10.6. The van der Waals surface area contributed by atoms with E-state index in [9.17, 15) is 0 Å². The van der Waals surface area contributed by atoms with Crippen molar-refractivity contribution in [3.05, 3.63) is 84.0 Å². The molecule has 0 heteroatoms. The van der Waals surface area contributed by atoms with Crippen LogP contribution in [0.15, 0.2) is 78.4 Å². The zero-order valence-electron chi connectivity index (χ0n) is 10.6. The van der Waals surface area contributed by atoms with Crippen molar-refractivity contribution in [3.8, 4) is 0 Å². The van der Waals surface area contributed by atoms with Gasteiger partial charge in [-0.1, -0.05) is 72.8 Å². The van der Waals surface area contributed by atoms with Gasteiger partial charge in [-0.3, -0.25) is 0 Å². The number of hydrogen-bond donors (Lipinski definition) is 0. The highest BCUT2D eigenvalue weighted by Crippen LogP contribution is 2.34. The lowest BCUT2D eigenvalue weighted by atomic mass is 9.84. The Hall–Kier alpha value is -2.08. The maximum Gasteiger partial charge on any atom is 0.0273 e. The first-order chi connectivity index (χ1) is 8.75. The molecule has 0 bridgehead atoms. The molecule has 0 heterocycles. The van der Waals surface area contributed by atoms with Crippen LogP contribution < -0.4 is 0 Å². The van der Waals surface area contributed by atoms with Crippen LogP contribution in [0.2, 0.25) is 0 Å². The molecule has 2 aromatic rings. The zero-order chi connectivity index (χ0) is 12.5. The predicted molar refractivity (Wildman–Crippen MR) is 78.7 cm³/mol. The fourth-order valence-corrected chi connectivity index (χ4v) is 2.63. The fourth-order valence-electron chi connectivity index (χ4n) is 2.63. The lowest BCUT2D eigenvalue weighted by Gasteiger charge is -2.20. The second kappa shape index (κ2) is 4.30. The summed E-state index contributed by atoms with van der Waals surface area (Å²) in [6.45, 7) is 6.31. The van der Waals surface area contributed by atoms with Crippen LogP contribution in [0.25, 0.3) is 10.8 Å². The van der Waals surface area contributed by atoms with E-state index in [0.717, 1.165) is 0 Å². The van der Waals surface area contributed by atoms with Gasteiger partial charge in [-0.2, -0.15) is 0 Å². The molecule has 0 aromatic heterocycles. The highest BCUT2D eigenvalue weighted by atomic mass is 14.2. The van der Waals surface area contributed by atoms with Crippen LogP contribution >= 0.6 is 0 Å². The summed E-state index contributed by atoms with van der Waals surface area (Å²) < 4.78 is 0. The van der Waals surface area contributed by atoms with E-state index in [4.69, 9.17) is 0 Å². The molecule has 0 spiro atoms. The molecule has 0 aliphatic heterocycles. The normalized spacial score (nSPS) is 19.1. The van der Waals surface area contributed by atoms with E-state index in [0.29, 0.717) is 5.92 Å². The molecule has 1 unspecified atom stereocenters. The van der Waals surface area contributed by atoms with Gasteiger partial charge in [0.05, 0.1) is 0 Å². The fraction of sp³-hybridized carbons (Fsp3) is 0.111. The van der Waals surface area contributed by atoms with Crippen molar-refractivity contribution in [1.82, 2.24) is 0 Å². The third-order valence-electron chi connectivity index (χ3n) is 3.52. The second-order valence-electron chi connectivity index (χ2n) is 4.87. The van der Waals surface area contributed by atoms with Crippen molar-refractivity contribution in [2.75, 3.05) is 0 Å². The molecule has 3 rings (SSSR count).